The van der Waals surface area contributed by atoms with Gasteiger partial charge in [0.2, 0.25) is 0 Å². The van der Waals surface area contributed by atoms with Crippen molar-refractivity contribution in [2.24, 2.45) is 5.92 Å². The third-order valence-corrected chi connectivity index (χ3v) is 4.48. The fraction of sp³-hybridized carbons (Fsp3) is 0.583. The van der Waals surface area contributed by atoms with Crippen LogP contribution < -0.4 is 5.56 Å². The number of H-pyrrole nitrogens is 2. The van der Waals surface area contributed by atoms with Gasteiger partial charge in [-0.25, -0.2) is 4.98 Å². The van der Waals surface area contributed by atoms with E-state index in [1.807, 2.05) is 0 Å². The first kappa shape index (κ1) is 11.8. The molecule has 96 valence electrons. The highest BCUT2D eigenvalue weighted by Gasteiger charge is 2.16. The molecule has 0 aromatic carbocycles. The lowest BCUT2D eigenvalue weighted by molar-refractivity contribution is 0.294. The number of rotatable bonds is 5. The van der Waals surface area contributed by atoms with Crippen molar-refractivity contribution in [1.82, 2.24) is 20.2 Å². The van der Waals surface area contributed by atoms with Crippen LogP contribution in [0.4, 0.5) is 0 Å². The summed E-state index contributed by atoms with van der Waals surface area (Å²) < 4.78 is 0. The van der Waals surface area contributed by atoms with Crippen molar-refractivity contribution in [3.05, 3.63) is 16.6 Å². The lowest BCUT2D eigenvalue weighted by Gasteiger charge is -2.24. The molecule has 0 unspecified atom stereocenters. The molecule has 2 heterocycles. The van der Waals surface area contributed by atoms with Crippen LogP contribution in [0.15, 0.2) is 16.1 Å². The molecule has 0 radical (unpaired) electrons. The number of nitrogens with one attached hydrogen (secondary N) is 2. The van der Waals surface area contributed by atoms with Crippen LogP contribution in [0.25, 0.3) is 11.0 Å². The molecule has 6 heteroatoms. The topological polar surface area (TPSA) is 74.4 Å². The molecule has 1 aliphatic rings. The molecule has 0 aliphatic heterocycles. The van der Waals surface area contributed by atoms with Crippen LogP contribution in [0.3, 0.4) is 0 Å². The summed E-state index contributed by atoms with van der Waals surface area (Å²) in [4.78, 5) is 18.8. The maximum atomic E-state index is 11.7. The lowest BCUT2D eigenvalue weighted by Crippen LogP contribution is -2.11. The van der Waals surface area contributed by atoms with Gasteiger partial charge in [-0.1, -0.05) is 31.0 Å². The van der Waals surface area contributed by atoms with Crippen molar-refractivity contribution in [1.29, 1.82) is 0 Å². The van der Waals surface area contributed by atoms with Crippen LogP contribution in [-0.4, -0.2) is 25.9 Å². The van der Waals surface area contributed by atoms with Crippen molar-refractivity contribution in [3.63, 3.8) is 0 Å². The molecule has 5 nitrogen and oxygen atoms in total. The zero-order chi connectivity index (χ0) is 12.4. The highest BCUT2D eigenvalue weighted by molar-refractivity contribution is 7.99. The predicted octanol–water partition coefficient (Wildman–Crippen LogP) is 2.32. The summed E-state index contributed by atoms with van der Waals surface area (Å²) in [5, 5.41) is 7.77. The van der Waals surface area contributed by atoms with E-state index in [9.17, 15) is 4.79 Å². The molecule has 18 heavy (non-hydrogen) atoms. The van der Waals surface area contributed by atoms with E-state index in [4.69, 9.17) is 0 Å². The zero-order valence-corrected chi connectivity index (χ0v) is 10.9. The summed E-state index contributed by atoms with van der Waals surface area (Å²) in [6.45, 7) is 0. The van der Waals surface area contributed by atoms with Crippen molar-refractivity contribution < 1.29 is 0 Å². The van der Waals surface area contributed by atoms with Gasteiger partial charge in [0.15, 0.2) is 10.8 Å². The molecule has 3 rings (SSSR count). The Morgan fingerprint density at radius 2 is 2.33 bits per heavy atom. The summed E-state index contributed by atoms with van der Waals surface area (Å²) in [6, 6.07) is 0. The highest BCUT2D eigenvalue weighted by atomic mass is 32.2. The Kier molecular flexibility index (Phi) is 3.36. The van der Waals surface area contributed by atoms with Gasteiger partial charge in [-0.05, 0) is 18.8 Å². The molecule has 0 saturated heterocycles. The van der Waals surface area contributed by atoms with E-state index in [0.29, 0.717) is 16.2 Å². The fourth-order valence-corrected chi connectivity index (χ4v) is 3.04. The maximum Gasteiger partial charge on any atom is 0.262 e. The van der Waals surface area contributed by atoms with E-state index < -0.39 is 0 Å². The predicted molar refractivity (Wildman–Crippen MR) is 71.8 cm³/mol. The van der Waals surface area contributed by atoms with Gasteiger partial charge in [-0.15, -0.1) is 0 Å². The second-order valence-electron chi connectivity index (χ2n) is 4.79. The van der Waals surface area contributed by atoms with Gasteiger partial charge < -0.3 is 4.98 Å². The van der Waals surface area contributed by atoms with Gasteiger partial charge in [0.1, 0.15) is 5.39 Å². The number of aromatic amines is 2. The Hall–Kier alpha value is -1.30. The normalized spacial score (nSPS) is 16.0. The molecule has 1 fully saturated rings. The lowest BCUT2D eigenvalue weighted by atomic mass is 9.82. The number of hydrogen-bond donors (Lipinski definition) is 2. The van der Waals surface area contributed by atoms with Crippen molar-refractivity contribution >= 4 is 22.8 Å². The van der Waals surface area contributed by atoms with Gasteiger partial charge in [0.05, 0.1) is 6.20 Å². The molecular formula is C12H16N4OS. The molecule has 0 spiro atoms. The molecule has 0 atom stereocenters. The van der Waals surface area contributed by atoms with Gasteiger partial charge in [0, 0.05) is 5.75 Å². The Morgan fingerprint density at radius 3 is 3.11 bits per heavy atom. The Morgan fingerprint density at radius 1 is 1.44 bits per heavy atom. The minimum atomic E-state index is -0.116. The Labute approximate surface area is 109 Å². The molecule has 2 N–H and O–H groups in total. The van der Waals surface area contributed by atoms with Crippen LogP contribution in [0.2, 0.25) is 0 Å². The first-order valence-corrected chi connectivity index (χ1v) is 7.37. The smallest absolute Gasteiger partial charge is 0.262 e. The maximum absolute atomic E-state index is 11.7. The summed E-state index contributed by atoms with van der Waals surface area (Å²) in [5.41, 5.74) is 0.454. The van der Waals surface area contributed by atoms with Crippen molar-refractivity contribution in [3.8, 4) is 0 Å². The fourth-order valence-electron chi connectivity index (χ4n) is 2.22. The summed E-state index contributed by atoms with van der Waals surface area (Å²) in [7, 11) is 0. The first-order valence-electron chi connectivity index (χ1n) is 6.39. The molecule has 1 aliphatic carbocycles. The second-order valence-corrected chi connectivity index (χ2v) is 5.87. The molecule has 2 aromatic heterocycles. The quantitative estimate of drug-likeness (QED) is 0.494. The van der Waals surface area contributed by atoms with Gasteiger partial charge >= 0.3 is 0 Å². The molecule has 2 aromatic rings. The molecule has 0 bridgehead atoms. The number of fused-ring (bicyclic) bond motifs is 1. The highest BCUT2D eigenvalue weighted by Crippen LogP contribution is 2.31. The zero-order valence-electron chi connectivity index (χ0n) is 10.1. The third kappa shape index (κ3) is 2.43. The molecule has 1 saturated carbocycles. The van der Waals surface area contributed by atoms with Gasteiger partial charge in [0.25, 0.3) is 5.56 Å². The van der Waals surface area contributed by atoms with Crippen LogP contribution in [0, 0.1) is 5.92 Å². The Balaban J connectivity index is 1.58. The average molecular weight is 264 g/mol. The summed E-state index contributed by atoms with van der Waals surface area (Å²) >= 11 is 1.61. The number of thioether (sulfide) groups is 1. The van der Waals surface area contributed by atoms with Gasteiger partial charge in [-0.2, -0.15) is 5.10 Å². The van der Waals surface area contributed by atoms with E-state index >= 15 is 0 Å². The van der Waals surface area contributed by atoms with E-state index in [0.717, 1.165) is 11.7 Å². The third-order valence-electron chi connectivity index (χ3n) is 3.52. The average Bonchev–Trinajstić information content (AvgIpc) is 2.75. The summed E-state index contributed by atoms with van der Waals surface area (Å²) in [6.07, 6.45) is 8.22. The van der Waals surface area contributed by atoms with Crippen LogP contribution in [-0.2, 0) is 0 Å². The molecule has 0 amide bonds. The molecular weight excluding hydrogens is 248 g/mol. The Bertz CT molecular complexity index is 587. The SMILES string of the molecule is O=c1[nH]c(SCCCC2CCC2)nc2[nH]ncc12. The monoisotopic (exact) mass is 264 g/mol. The van der Waals surface area contributed by atoms with Crippen molar-refractivity contribution in [2.45, 2.75) is 37.3 Å². The minimum absolute atomic E-state index is 0.116. The number of nitrogens with zero attached hydrogens (tertiary/aromatic N) is 2. The van der Waals surface area contributed by atoms with E-state index in [-0.39, 0.29) is 5.56 Å². The van der Waals surface area contributed by atoms with Crippen LogP contribution in [0.5, 0.6) is 0 Å². The first-order chi connectivity index (χ1) is 8.83. The van der Waals surface area contributed by atoms with Crippen molar-refractivity contribution in [2.75, 3.05) is 5.75 Å². The van der Waals surface area contributed by atoms with E-state index in [2.05, 4.69) is 20.2 Å². The van der Waals surface area contributed by atoms with Gasteiger partial charge in [-0.3, -0.25) is 9.89 Å². The number of hydrogen-bond acceptors (Lipinski definition) is 4. The van der Waals surface area contributed by atoms with Crippen LogP contribution >= 0.6 is 11.8 Å². The largest absolute Gasteiger partial charge is 0.301 e. The second kappa shape index (κ2) is 5.14. The van der Waals surface area contributed by atoms with E-state index in [1.165, 1.54) is 38.3 Å². The number of aromatic nitrogens is 4. The van der Waals surface area contributed by atoms with E-state index in [1.54, 1.807) is 11.8 Å². The van der Waals surface area contributed by atoms with Crippen LogP contribution in [0.1, 0.15) is 32.1 Å². The summed E-state index contributed by atoms with van der Waals surface area (Å²) in [5.74, 6) is 1.96. The minimum Gasteiger partial charge on any atom is -0.301 e. The standard InChI is InChI=1S/C12H16N4OS/c17-11-9-7-13-16-10(9)14-12(15-11)18-6-2-5-8-3-1-4-8/h7-8H,1-6H2,(H2,13,14,15,16,17).